The molecule has 4 rings (SSSR count). The molecule has 8 nitrogen and oxygen atoms in total. The van der Waals surface area contributed by atoms with Gasteiger partial charge in [0.1, 0.15) is 11.5 Å². The molecule has 0 spiro atoms. The third kappa shape index (κ3) is 2.55. The Morgan fingerprint density at radius 2 is 2.08 bits per heavy atom. The minimum atomic E-state index is -0.226. The number of nitrogens with two attached hydrogens (primary N) is 2. The number of aryl methyl sites for hydroxylation is 1. The first-order valence-corrected chi connectivity index (χ1v) is 8.29. The lowest BCUT2D eigenvalue weighted by Gasteiger charge is -2.20. The molecule has 0 saturated heterocycles. The second kappa shape index (κ2) is 5.83. The van der Waals surface area contributed by atoms with Crippen LogP contribution in [0.15, 0.2) is 30.3 Å². The molecule has 0 fully saturated rings. The monoisotopic (exact) mass is 349 g/mol. The van der Waals surface area contributed by atoms with E-state index in [0.29, 0.717) is 12.2 Å². The van der Waals surface area contributed by atoms with Gasteiger partial charge in [0.25, 0.3) is 5.91 Å². The lowest BCUT2D eigenvalue weighted by atomic mass is 10.0. The Bertz CT molecular complexity index is 1010. The molecule has 1 aliphatic heterocycles. The average Bonchev–Trinajstić information content (AvgIpc) is 3.18. The number of amides is 1. The van der Waals surface area contributed by atoms with Gasteiger partial charge in [-0.05, 0) is 19.9 Å². The van der Waals surface area contributed by atoms with E-state index in [0.717, 1.165) is 28.1 Å². The van der Waals surface area contributed by atoms with Crippen molar-refractivity contribution in [1.29, 1.82) is 0 Å². The molecule has 5 N–H and O–H groups in total. The Balaban J connectivity index is 1.77. The Morgan fingerprint density at radius 3 is 2.77 bits per heavy atom. The van der Waals surface area contributed by atoms with Crippen LogP contribution in [0.2, 0.25) is 0 Å². The highest BCUT2D eigenvalue weighted by molar-refractivity contribution is 5.94. The van der Waals surface area contributed by atoms with Gasteiger partial charge in [0.05, 0.1) is 24.0 Å². The van der Waals surface area contributed by atoms with Gasteiger partial charge >= 0.3 is 0 Å². The third-order valence-corrected chi connectivity index (χ3v) is 4.63. The summed E-state index contributed by atoms with van der Waals surface area (Å²) in [6.07, 6.45) is 0. The standard InChI is InChI=1S/C18H19N7O/c1-9-4-3-5-11(6-9)16-12-8-25(10(2)15(12)21-18(20)22-16)17(26)13-7-14(19)24-23-13/h3-7,10H,8H2,1-2H3,(H3,19,23,24)(H2,20,21,22)/t10-/m1/s1. The van der Waals surface area contributed by atoms with Gasteiger partial charge in [-0.25, -0.2) is 9.97 Å². The predicted molar refractivity (Wildman–Crippen MR) is 97.9 cm³/mol. The van der Waals surface area contributed by atoms with Crippen molar-refractivity contribution in [3.05, 3.63) is 52.8 Å². The van der Waals surface area contributed by atoms with Crippen LogP contribution >= 0.6 is 0 Å². The van der Waals surface area contributed by atoms with Crippen LogP contribution in [-0.2, 0) is 6.54 Å². The Kier molecular flexibility index (Phi) is 3.61. The normalized spacial score (nSPS) is 15.9. The first-order valence-electron chi connectivity index (χ1n) is 8.29. The smallest absolute Gasteiger partial charge is 0.272 e. The summed E-state index contributed by atoms with van der Waals surface area (Å²) in [6, 6.07) is 9.34. The second-order valence-corrected chi connectivity index (χ2v) is 6.48. The molecule has 1 aliphatic rings. The Labute approximate surface area is 150 Å². The van der Waals surface area contributed by atoms with Crippen LogP contribution in [0.4, 0.5) is 11.8 Å². The van der Waals surface area contributed by atoms with Crippen LogP contribution < -0.4 is 11.5 Å². The number of aromatic amines is 1. The molecule has 132 valence electrons. The molecule has 0 aliphatic carbocycles. The van der Waals surface area contributed by atoms with Gasteiger partial charge in [-0.15, -0.1) is 0 Å². The summed E-state index contributed by atoms with van der Waals surface area (Å²) in [7, 11) is 0. The molecular weight excluding hydrogens is 330 g/mol. The largest absolute Gasteiger partial charge is 0.382 e. The molecule has 0 unspecified atom stereocenters. The van der Waals surface area contributed by atoms with E-state index in [1.165, 1.54) is 6.07 Å². The van der Waals surface area contributed by atoms with Gasteiger partial charge in [-0.2, -0.15) is 5.10 Å². The second-order valence-electron chi connectivity index (χ2n) is 6.48. The van der Waals surface area contributed by atoms with Gasteiger partial charge in [0.15, 0.2) is 0 Å². The highest BCUT2D eigenvalue weighted by Crippen LogP contribution is 2.38. The van der Waals surface area contributed by atoms with E-state index in [9.17, 15) is 4.79 Å². The lowest BCUT2D eigenvalue weighted by Crippen LogP contribution is -2.28. The zero-order chi connectivity index (χ0) is 18.4. The summed E-state index contributed by atoms with van der Waals surface area (Å²) < 4.78 is 0. The molecule has 26 heavy (non-hydrogen) atoms. The van der Waals surface area contributed by atoms with E-state index >= 15 is 0 Å². The molecule has 0 saturated carbocycles. The molecule has 1 aromatic carbocycles. The molecule has 0 radical (unpaired) electrons. The van der Waals surface area contributed by atoms with Crippen LogP contribution in [0, 0.1) is 6.92 Å². The number of aromatic nitrogens is 4. The van der Waals surface area contributed by atoms with Crippen LogP contribution in [0.5, 0.6) is 0 Å². The number of fused-ring (bicyclic) bond motifs is 1. The number of carbonyl (C=O) groups excluding carboxylic acids is 1. The van der Waals surface area contributed by atoms with Gasteiger partial charge in [0.2, 0.25) is 5.95 Å². The van der Waals surface area contributed by atoms with Crippen LogP contribution in [-0.4, -0.2) is 31.0 Å². The van der Waals surface area contributed by atoms with Crippen molar-refractivity contribution in [3.8, 4) is 11.3 Å². The Hall–Kier alpha value is -3.42. The van der Waals surface area contributed by atoms with E-state index in [-0.39, 0.29) is 23.7 Å². The van der Waals surface area contributed by atoms with Gasteiger partial charge in [0, 0.05) is 17.2 Å². The highest BCUT2D eigenvalue weighted by Gasteiger charge is 2.35. The highest BCUT2D eigenvalue weighted by atomic mass is 16.2. The maximum absolute atomic E-state index is 12.8. The molecule has 1 atom stereocenters. The van der Waals surface area contributed by atoms with Crippen molar-refractivity contribution >= 4 is 17.7 Å². The number of nitrogen functional groups attached to an aromatic ring is 2. The van der Waals surface area contributed by atoms with Crippen molar-refractivity contribution in [2.24, 2.45) is 0 Å². The average molecular weight is 349 g/mol. The maximum Gasteiger partial charge on any atom is 0.272 e. The number of H-pyrrole nitrogens is 1. The number of anilines is 2. The number of nitrogens with zero attached hydrogens (tertiary/aromatic N) is 4. The summed E-state index contributed by atoms with van der Waals surface area (Å²) >= 11 is 0. The van der Waals surface area contributed by atoms with E-state index in [2.05, 4.69) is 20.2 Å². The molecule has 3 heterocycles. The van der Waals surface area contributed by atoms with Crippen molar-refractivity contribution in [1.82, 2.24) is 25.1 Å². The van der Waals surface area contributed by atoms with Gasteiger partial charge < -0.3 is 16.4 Å². The third-order valence-electron chi connectivity index (χ3n) is 4.63. The molecule has 3 aromatic rings. The minimum absolute atomic E-state index is 0.187. The van der Waals surface area contributed by atoms with Crippen molar-refractivity contribution in [2.45, 2.75) is 26.4 Å². The summed E-state index contributed by atoms with van der Waals surface area (Å²) in [6.45, 7) is 4.35. The number of benzene rings is 1. The Morgan fingerprint density at radius 1 is 1.27 bits per heavy atom. The molecule has 8 heteroatoms. The lowest BCUT2D eigenvalue weighted by molar-refractivity contribution is 0.0697. The number of nitrogens with one attached hydrogen (secondary N) is 1. The number of carbonyl (C=O) groups is 1. The van der Waals surface area contributed by atoms with Crippen molar-refractivity contribution in [3.63, 3.8) is 0 Å². The van der Waals surface area contributed by atoms with Gasteiger partial charge in [-0.1, -0.05) is 23.8 Å². The van der Waals surface area contributed by atoms with E-state index in [1.54, 1.807) is 4.90 Å². The summed E-state index contributed by atoms with van der Waals surface area (Å²) in [4.78, 5) is 23.4. The van der Waals surface area contributed by atoms with E-state index in [1.807, 2.05) is 38.1 Å². The fourth-order valence-electron chi connectivity index (χ4n) is 3.36. The van der Waals surface area contributed by atoms with Crippen LogP contribution in [0.3, 0.4) is 0 Å². The van der Waals surface area contributed by atoms with Crippen molar-refractivity contribution in [2.75, 3.05) is 11.5 Å². The molecule has 0 bridgehead atoms. The van der Waals surface area contributed by atoms with Crippen LogP contribution in [0.25, 0.3) is 11.3 Å². The first-order chi connectivity index (χ1) is 12.4. The SMILES string of the molecule is Cc1cccc(-c2nc(N)nc3c2CN(C(=O)c2cc(N)n[nH]2)[C@@H]3C)c1. The van der Waals surface area contributed by atoms with Crippen molar-refractivity contribution < 1.29 is 4.79 Å². The zero-order valence-electron chi connectivity index (χ0n) is 14.5. The number of hydrogen-bond acceptors (Lipinski definition) is 6. The quantitative estimate of drug-likeness (QED) is 0.650. The zero-order valence-corrected chi connectivity index (χ0v) is 14.5. The summed E-state index contributed by atoms with van der Waals surface area (Å²) in [5.74, 6) is 0.294. The molecule has 1 amide bonds. The predicted octanol–water partition coefficient (Wildman–Crippen LogP) is 2.06. The van der Waals surface area contributed by atoms with Gasteiger partial charge in [-0.3, -0.25) is 9.89 Å². The maximum atomic E-state index is 12.8. The summed E-state index contributed by atoms with van der Waals surface area (Å²) in [5, 5.41) is 6.50. The molecular formula is C18H19N7O. The number of hydrogen-bond donors (Lipinski definition) is 3. The van der Waals surface area contributed by atoms with E-state index in [4.69, 9.17) is 11.5 Å². The van der Waals surface area contributed by atoms with E-state index < -0.39 is 0 Å². The van der Waals surface area contributed by atoms with Crippen LogP contribution in [0.1, 0.15) is 40.3 Å². The number of rotatable bonds is 2. The molecule has 2 aromatic heterocycles. The fraction of sp³-hybridized carbons (Fsp3) is 0.222. The fourth-order valence-corrected chi connectivity index (χ4v) is 3.36. The topological polar surface area (TPSA) is 127 Å². The first kappa shape index (κ1) is 16.1. The minimum Gasteiger partial charge on any atom is -0.382 e. The summed E-state index contributed by atoms with van der Waals surface area (Å²) in [5.41, 5.74) is 16.5.